The van der Waals surface area contributed by atoms with Crippen molar-refractivity contribution >= 4 is 26.0 Å². The van der Waals surface area contributed by atoms with Gasteiger partial charge in [-0.3, -0.25) is 0 Å². The van der Waals surface area contributed by atoms with Crippen molar-refractivity contribution in [2.75, 3.05) is 0 Å². The summed E-state index contributed by atoms with van der Waals surface area (Å²) in [5.74, 6) is 0.286. The van der Waals surface area contributed by atoms with Crippen LogP contribution in [-0.2, 0) is 10.0 Å². The van der Waals surface area contributed by atoms with E-state index in [1.807, 2.05) is 24.3 Å². The van der Waals surface area contributed by atoms with Gasteiger partial charge in [0.25, 0.3) is 0 Å². The van der Waals surface area contributed by atoms with Crippen molar-refractivity contribution in [3.63, 3.8) is 0 Å². The van der Waals surface area contributed by atoms with Gasteiger partial charge in [0.15, 0.2) is 5.76 Å². The number of nitrogens with one attached hydrogen (secondary N) is 1. The Bertz CT molecular complexity index is 705. The Morgan fingerprint density at radius 1 is 1.30 bits per heavy atom. The molecule has 0 spiro atoms. The monoisotopic (exact) mass is 358 g/mol. The molecule has 0 aliphatic rings. The molecule has 1 atom stereocenters. The van der Waals surface area contributed by atoms with Crippen LogP contribution in [0.5, 0.6) is 0 Å². The van der Waals surface area contributed by atoms with Gasteiger partial charge in [0.05, 0.1) is 0 Å². The molecule has 2 aromatic rings. The highest BCUT2D eigenvalue weighted by Gasteiger charge is 2.26. The van der Waals surface area contributed by atoms with E-state index in [4.69, 9.17) is 4.52 Å². The summed E-state index contributed by atoms with van der Waals surface area (Å²) in [5.41, 5.74) is 1.22. The molecule has 1 aromatic heterocycles. The third-order valence-electron chi connectivity index (χ3n) is 2.94. The Balaban J connectivity index is 2.32. The number of halogens is 1. The summed E-state index contributed by atoms with van der Waals surface area (Å²) in [6.07, 6.45) is 0. The lowest BCUT2D eigenvalue weighted by Gasteiger charge is -2.15. The fourth-order valence-corrected chi connectivity index (χ4v) is 4.22. The number of hydrogen-bond acceptors (Lipinski definition) is 4. The van der Waals surface area contributed by atoms with Crippen LogP contribution < -0.4 is 4.72 Å². The molecule has 0 saturated heterocycles. The van der Waals surface area contributed by atoms with Crippen molar-refractivity contribution in [2.45, 2.75) is 31.7 Å². The van der Waals surface area contributed by atoms with Gasteiger partial charge in [0, 0.05) is 10.5 Å². The van der Waals surface area contributed by atoms with Crippen molar-refractivity contribution in [1.29, 1.82) is 0 Å². The van der Waals surface area contributed by atoms with Crippen molar-refractivity contribution in [2.24, 2.45) is 0 Å². The summed E-state index contributed by atoms with van der Waals surface area (Å²) in [4.78, 5) is 0.108. The minimum atomic E-state index is -3.67. The number of aromatic nitrogens is 1. The molecule has 5 nitrogen and oxygen atoms in total. The Morgan fingerprint density at radius 3 is 2.50 bits per heavy atom. The molecule has 1 aromatic carbocycles. The molecule has 0 bridgehead atoms. The van der Waals surface area contributed by atoms with Gasteiger partial charge in [-0.15, -0.1) is 0 Å². The number of aryl methyl sites for hydroxylation is 2. The highest BCUT2D eigenvalue weighted by Crippen LogP contribution is 2.26. The minimum absolute atomic E-state index is 0.108. The van der Waals surface area contributed by atoms with Gasteiger partial charge < -0.3 is 4.52 Å². The second-order valence-electron chi connectivity index (χ2n) is 4.52. The van der Waals surface area contributed by atoms with Gasteiger partial charge in [0.2, 0.25) is 10.0 Å². The zero-order valence-corrected chi connectivity index (χ0v) is 13.7. The molecular weight excluding hydrogens is 344 g/mol. The number of benzene rings is 1. The second kappa shape index (κ2) is 5.67. The number of nitrogens with zero attached hydrogens (tertiary/aromatic N) is 1. The first-order valence-electron chi connectivity index (χ1n) is 6.02. The summed E-state index contributed by atoms with van der Waals surface area (Å²) in [7, 11) is -3.67. The summed E-state index contributed by atoms with van der Waals surface area (Å²) in [5, 5.41) is 3.68. The van der Waals surface area contributed by atoms with Crippen molar-refractivity contribution < 1.29 is 12.9 Å². The van der Waals surface area contributed by atoms with E-state index in [1.54, 1.807) is 20.8 Å². The smallest absolute Gasteiger partial charge is 0.246 e. The minimum Gasteiger partial charge on any atom is -0.360 e. The normalized spacial score (nSPS) is 13.4. The molecule has 0 radical (unpaired) electrons. The predicted octanol–water partition coefficient (Wildman–Crippen LogP) is 3.09. The topological polar surface area (TPSA) is 72.2 Å². The summed E-state index contributed by atoms with van der Waals surface area (Å²) >= 11 is 3.42. The van der Waals surface area contributed by atoms with Crippen molar-refractivity contribution in [1.82, 2.24) is 9.88 Å². The van der Waals surface area contributed by atoms with Crippen LogP contribution in [0.2, 0.25) is 0 Å². The van der Waals surface area contributed by atoms with E-state index < -0.39 is 10.0 Å². The molecular formula is C13H15BrN2O3S. The van der Waals surface area contributed by atoms with E-state index in [2.05, 4.69) is 25.8 Å². The first-order chi connectivity index (χ1) is 9.33. The van der Waals surface area contributed by atoms with E-state index in [1.165, 1.54) is 0 Å². The maximum Gasteiger partial charge on any atom is 0.246 e. The number of rotatable bonds is 4. The van der Waals surface area contributed by atoms with Crippen LogP contribution in [0.15, 0.2) is 38.2 Å². The lowest BCUT2D eigenvalue weighted by atomic mass is 10.1. The quantitative estimate of drug-likeness (QED) is 0.911. The van der Waals surface area contributed by atoms with E-state index in [-0.39, 0.29) is 16.7 Å². The third-order valence-corrected chi connectivity index (χ3v) is 5.45. The zero-order chi connectivity index (χ0) is 14.9. The van der Waals surface area contributed by atoms with Gasteiger partial charge in [0.1, 0.15) is 10.6 Å². The van der Waals surface area contributed by atoms with Crippen molar-refractivity contribution in [3.8, 4) is 0 Å². The average molecular weight is 359 g/mol. The Hall–Kier alpha value is -1.18. The number of hydrogen-bond donors (Lipinski definition) is 1. The molecule has 0 aliphatic carbocycles. The van der Waals surface area contributed by atoms with Crippen LogP contribution in [0.25, 0.3) is 0 Å². The van der Waals surface area contributed by atoms with Crippen LogP contribution >= 0.6 is 15.9 Å². The first kappa shape index (κ1) is 15.2. The van der Waals surface area contributed by atoms with E-state index in [0.29, 0.717) is 5.69 Å². The molecule has 0 aliphatic heterocycles. The lowest BCUT2D eigenvalue weighted by molar-refractivity contribution is 0.390. The lowest BCUT2D eigenvalue weighted by Crippen LogP contribution is -2.27. The summed E-state index contributed by atoms with van der Waals surface area (Å²) < 4.78 is 33.2. The van der Waals surface area contributed by atoms with Crippen molar-refractivity contribution in [3.05, 3.63) is 45.8 Å². The molecule has 108 valence electrons. The fourth-order valence-electron chi connectivity index (χ4n) is 2.04. The first-order valence-corrected chi connectivity index (χ1v) is 8.30. The third kappa shape index (κ3) is 2.94. The molecule has 7 heteroatoms. The Labute approximate surface area is 126 Å². The van der Waals surface area contributed by atoms with Gasteiger partial charge >= 0.3 is 0 Å². The van der Waals surface area contributed by atoms with Gasteiger partial charge in [-0.1, -0.05) is 39.3 Å². The molecule has 0 amide bonds. The standard InChI is InChI=1S/C13H15BrN2O3S/c1-8(11-6-4-5-7-12(11)14)16-20(17,18)13-9(2)15-19-10(13)3/h4-8,16H,1-3H3/t8-/m0/s1. The maximum atomic E-state index is 12.4. The van der Waals surface area contributed by atoms with Crippen LogP contribution in [0.1, 0.15) is 30.0 Å². The predicted molar refractivity (Wildman–Crippen MR) is 78.9 cm³/mol. The Kier molecular flexibility index (Phi) is 4.31. The highest BCUT2D eigenvalue weighted by atomic mass is 79.9. The SMILES string of the molecule is Cc1noc(C)c1S(=O)(=O)N[C@@H](C)c1ccccc1Br. The Morgan fingerprint density at radius 2 is 1.95 bits per heavy atom. The maximum absolute atomic E-state index is 12.4. The molecule has 0 saturated carbocycles. The molecule has 1 N–H and O–H groups in total. The van der Waals surface area contributed by atoms with Crippen LogP contribution in [-0.4, -0.2) is 13.6 Å². The molecule has 20 heavy (non-hydrogen) atoms. The molecule has 1 heterocycles. The molecule has 0 unspecified atom stereocenters. The summed E-state index contributed by atoms with van der Waals surface area (Å²) in [6.45, 7) is 4.97. The molecule has 2 rings (SSSR count). The number of sulfonamides is 1. The van der Waals surface area contributed by atoms with Gasteiger partial charge in [-0.2, -0.15) is 0 Å². The van der Waals surface area contributed by atoms with E-state index in [0.717, 1.165) is 10.0 Å². The zero-order valence-electron chi connectivity index (χ0n) is 11.3. The van der Waals surface area contributed by atoms with Crippen LogP contribution in [0.3, 0.4) is 0 Å². The van der Waals surface area contributed by atoms with Gasteiger partial charge in [-0.25, -0.2) is 13.1 Å². The van der Waals surface area contributed by atoms with E-state index >= 15 is 0 Å². The van der Waals surface area contributed by atoms with Crippen LogP contribution in [0.4, 0.5) is 0 Å². The highest BCUT2D eigenvalue weighted by molar-refractivity contribution is 9.10. The van der Waals surface area contributed by atoms with Gasteiger partial charge in [-0.05, 0) is 32.4 Å². The fraction of sp³-hybridized carbons (Fsp3) is 0.308. The van der Waals surface area contributed by atoms with Crippen LogP contribution in [0, 0.1) is 13.8 Å². The molecule has 0 fully saturated rings. The van der Waals surface area contributed by atoms with E-state index in [9.17, 15) is 8.42 Å². The average Bonchev–Trinajstić information content (AvgIpc) is 2.69. The largest absolute Gasteiger partial charge is 0.360 e. The summed E-state index contributed by atoms with van der Waals surface area (Å²) in [6, 6.07) is 7.11. The second-order valence-corrected chi connectivity index (χ2v) is 7.02.